The molecule has 1 heterocycles. The maximum atomic E-state index is 11.7. The van der Waals surface area contributed by atoms with E-state index >= 15 is 0 Å². The molecule has 2 unspecified atom stereocenters. The number of fused-ring (bicyclic) bond motifs is 1. The molecular weight excluding hydrogens is 300 g/mol. The van der Waals surface area contributed by atoms with Crippen molar-refractivity contribution < 1.29 is 9.59 Å². The minimum Gasteiger partial charge on any atom is -0.290 e. The molecule has 1 aliphatic heterocycles. The van der Waals surface area contributed by atoms with Crippen LogP contribution in [0.4, 0.5) is 0 Å². The molecule has 2 fully saturated rings. The number of carbonyl (C=O) groups excluding carboxylic acids is 2. The third-order valence-electron chi connectivity index (χ3n) is 4.56. The Labute approximate surface area is 137 Å². The third kappa shape index (κ3) is 6.35. The second-order valence-electron chi connectivity index (χ2n) is 6.30. The minimum atomic E-state index is -0.158. The topological polar surface area (TPSA) is 34.1 Å². The van der Waals surface area contributed by atoms with Gasteiger partial charge in [0.15, 0.2) is 0 Å². The van der Waals surface area contributed by atoms with Crippen molar-refractivity contribution in [3.63, 3.8) is 0 Å². The van der Waals surface area contributed by atoms with Crippen LogP contribution in [0.3, 0.4) is 0 Å². The average Bonchev–Trinajstić information content (AvgIpc) is 2.50. The molecule has 0 aromatic rings. The zero-order chi connectivity index (χ0) is 14.9. The molecule has 21 heavy (non-hydrogen) atoms. The Morgan fingerprint density at radius 3 is 1.29 bits per heavy atom. The van der Waals surface area contributed by atoms with Crippen molar-refractivity contribution in [2.24, 2.45) is 0 Å². The highest BCUT2D eigenvalue weighted by atomic mass is 32.2. The summed E-state index contributed by atoms with van der Waals surface area (Å²) in [4.78, 5) is 23.4. The van der Waals surface area contributed by atoms with Crippen LogP contribution in [-0.2, 0) is 9.59 Å². The molecule has 0 spiro atoms. The molecule has 0 amide bonds. The summed E-state index contributed by atoms with van der Waals surface area (Å²) in [5.74, 6) is 0.518. The fraction of sp³-hybridized carbons (Fsp3) is 0.882. The SMILES string of the molecule is O=C1CSC2CCCCCCCCCCCC2SCC1=O. The third-order valence-corrected chi connectivity index (χ3v) is 7.57. The molecule has 0 N–H and O–H groups in total. The fourth-order valence-electron chi connectivity index (χ4n) is 3.21. The number of thioether (sulfide) groups is 2. The first-order valence-corrected chi connectivity index (χ1v) is 10.7. The summed E-state index contributed by atoms with van der Waals surface area (Å²) in [5, 5.41) is 1.15. The van der Waals surface area contributed by atoms with E-state index in [4.69, 9.17) is 0 Å². The molecule has 0 radical (unpaired) electrons. The van der Waals surface area contributed by atoms with Gasteiger partial charge in [0.25, 0.3) is 0 Å². The number of hydrogen-bond acceptors (Lipinski definition) is 4. The average molecular weight is 329 g/mol. The largest absolute Gasteiger partial charge is 0.290 e. The Balaban J connectivity index is 1.93. The quantitative estimate of drug-likeness (QED) is 0.606. The van der Waals surface area contributed by atoms with Crippen LogP contribution in [0.15, 0.2) is 0 Å². The molecule has 2 aliphatic rings. The Morgan fingerprint density at radius 1 is 0.571 bits per heavy atom. The summed E-state index contributed by atoms with van der Waals surface area (Å²) in [5.41, 5.74) is 0. The van der Waals surface area contributed by atoms with E-state index < -0.39 is 0 Å². The van der Waals surface area contributed by atoms with E-state index in [1.807, 2.05) is 0 Å². The molecule has 2 rings (SSSR count). The number of carbonyl (C=O) groups is 2. The van der Waals surface area contributed by atoms with Crippen molar-refractivity contribution in [2.75, 3.05) is 11.5 Å². The Morgan fingerprint density at radius 2 is 0.905 bits per heavy atom. The smallest absolute Gasteiger partial charge is 0.209 e. The highest BCUT2D eigenvalue weighted by molar-refractivity contribution is 8.05. The first-order chi connectivity index (χ1) is 10.3. The van der Waals surface area contributed by atoms with Crippen molar-refractivity contribution >= 4 is 35.1 Å². The van der Waals surface area contributed by atoms with Gasteiger partial charge < -0.3 is 0 Å². The van der Waals surface area contributed by atoms with Crippen LogP contribution in [0.1, 0.15) is 70.6 Å². The fourth-order valence-corrected chi connectivity index (χ4v) is 6.10. The number of rotatable bonds is 0. The van der Waals surface area contributed by atoms with Crippen molar-refractivity contribution in [1.29, 1.82) is 0 Å². The predicted octanol–water partition coefficient (Wildman–Crippen LogP) is 4.65. The van der Waals surface area contributed by atoms with Crippen molar-refractivity contribution in [2.45, 2.75) is 81.1 Å². The first-order valence-electron chi connectivity index (χ1n) is 8.56. The second-order valence-corrected chi connectivity index (χ2v) is 8.76. The summed E-state index contributed by atoms with van der Waals surface area (Å²) < 4.78 is 0. The van der Waals surface area contributed by atoms with Crippen LogP contribution in [0.5, 0.6) is 0 Å². The summed E-state index contributed by atoms with van der Waals surface area (Å²) in [7, 11) is 0. The molecule has 120 valence electrons. The summed E-state index contributed by atoms with van der Waals surface area (Å²) in [6.07, 6.45) is 14.6. The molecule has 0 bridgehead atoms. The van der Waals surface area contributed by atoms with E-state index in [0.29, 0.717) is 22.0 Å². The molecular formula is C17H28O2S2. The number of Topliss-reactive ketones (excluding diaryl/α,β-unsaturated/α-hetero) is 2. The van der Waals surface area contributed by atoms with E-state index in [1.54, 1.807) is 23.5 Å². The molecule has 1 saturated heterocycles. The van der Waals surface area contributed by atoms with Crippen molar-refractivity contribution in [3.8, 4) is 0 Å². The van der Waals surface area contributed by atoms with Gasteiger partial charge in [-0.15, -0.1) is 23.5 Å². The lowest BCUT2D eigenvalue weighted by Gasteiger charge is -2.28. The molecule has 2 atom stereocenters. The molecule has 1 saturated carbocycles. The van der Waals surface area contributed by atoms with Gasteiger partial charge in [-0.05, 0) is 12.8 Å². The highest BCUT2D eigenvalue weighted by Crippen LogP contribution is 2.34. The predicted molar refractivity (Wildman–Crippen MR) is 93.3 cm³/mol. The van der Waals surface area contributed by atoms with E-state index in [0.717, 1.165) is 0 Å². The van der Waals surface area contributed by atoms with Gasteiger partial charge >= 0.3 is 0 Å². The summed E-state index contributed by atoms with van der Waals surface area (Å²) in [6.45, 7) is 0. The molecule has 1 aliphatic carbocycles. The van der Waals surface area contributed by atoms with Crippen LogP contribution in [0.2, 0.25) is 0 Å². The van der Waals surface area contributed by atoms with E-state index in [-0.39, 0.29) is 11.6 Å². The van der Waals surface area contributed by atoms with E-state index in [2.05, 4.69) is 0 Å². The first kappa shape index (κ1) is 17.4. The lowest BCUT2D eigenvalue weighted by molar-refractivity contribution is -0.133. The zero-order valence-electron chi connectivity index (χ0n) is 13.0. The van der Waals surface area contributed by atoms with Gasteiger partial charge in [-0.1, -0.05) is 57.8 Å². The van der Waals surface area contributed by atoms with Crippen LogP contribution < -0.4 is 0 Å². The Hall–Kier alpha value is 0.0400. The normalized spacial score (nSPS) is 31.0. The minimum absolute atomic E-state index is 0.158. The van der Waals surface area contributed by atoms with Gasteiger partial charge in [-0.3, -0.25) is 9.59 Å². The van der Waals surface area contributed by atoms with Gasteiger partial charge in [0.1, 0.15) is 0 Å². The van der Waals surface area contributed by atoms with Crippen molar-refractivity contribution in [3.05, 3.63) is 0 Å². The molecule has 0 aromatic carbocycles. The van der Waals surface area contributed by atoms with Crippen molar-refractivity contribution in [1.82, 2.24) is 0 Å². The summed E-state index contributed by atoms with van der Waals surface area (Å²) in [6, 6.07) is 0. The number of ketones is 2. The Bertz CT molecular complexity index is 312. The molecule has 2 nitrogen and oxygen atoms in total. The van der Waals surface area contributed by atoms with Gasteiger partial charge in [0, 0.05) is 10.5 Å². The maximum Gasteiger partial charge on any atom is 0.209 e. The molecule has 0 aromatic heterocycles. The van der Waals surface area contributed by atoms with Gasteiger partial charge in [0.05, 0.1) is 11.5 Å². The summed E-state index contributed by atoms with van der Waals surface area (Å²) >= 11 is 3.52. The monoisotopic (exact) mass is 328 g/mol. The maximum absolute atomic E-state index is 11.7. The highest BCUT2D eigenvalue weighted by Gasteiger charge is 2.28. The van der Waals surface area contributed by atoms with Gasteiger partial charge in [-0.2, -0.15) is 0 Å². The lowest BCUT2D eigenvalue weighted by Crippen LogP contribution is -2.30. The second kappa shape index (κ2) is 9.94. The van der Waals surface area contributed by atoms with Crippen LogP contribution in [-0.4, -0.2) is 33.6 Å². The van der Waals surface area contributed by atoms with Gasteiger partial charge in [0.2, 0.25) is 11.6 Å². The number of hydrogen-bond donors (Lipinski definition) is 0. The van der Waals surface area contributed by atoms with Crippen LogP contribution in [0, 0.1) is 0 Å². The Kier molecular flexibility index (Phi) is 8.23. The van der Waals surface area contributed by atoms with E-state index in [9.17, 15) is 9.59 Å². The lowest BCUT2D eigenvalue weighted by atomic mass is 10.1. The van der Waals surface area contributed by atoms with Gasteiger partial charge in [-0.25, -0.2) is 0 Å². The standard InChI is InChI=1S/C17H28O2S2/c18-14-12-20-16-10-8-6-4-2-1-3-5-7-9-11-17(16)21-13-15(14)19/h16-17H,1-13H2. The molecule has 4 heteroatoms. The van der Waals surface area contributed by atoms with Crippen LogP contribution in [0.25, 0.3) is 0 Å². The zero-order valence-corrected chi connectivity index (χ0v) is 14.6. The van der Waals surface area contributed by atoms with E-state index in [1.165, 1.54) is 70.6 Å². The van der Waals surface area contributed by atoms with Crippen LogP contribution >= 0.6 is 23.5 Å².